The fourth-order valence-electron chi connectivity index (χ4n) is 1.84. The number of nitrogens with zero attached hydrogens (tertiary/aromatic N) is 3. The fourth-order valence-corrected chi connectivity index (χ4v) is 2.02. The normalized spacial score (nSPS) is 11.2. The third kappa shape index (κ3) is 2.27. The van der Waals surface area contributed by atoms with E-state index >= 15 is 0 Å². The molecule has 0 amide bonds. The fraction of sp³-hybridized carbons (Fsp3) is 0.0833. The first kappa shape index (κ1) is 12.7. The minimum atomic E-state index is -2.94. The Morgan fingerprint density at radius 3 is 2.95 bits per heavy atom. The molecule has 0 unspecified atom stereocenters. The number of benzene rings is 1. The molecule has 0 spiro atoms. The molecule has 2 aromatic heterocycles. The molecule has 0 bridgehead atoms. The zero-order valence-corrected chi connectivity index (χ0v) is 10.6. The second-order valence-corrected chi connectivity index (χ2v) is 4.31. The minimum Gasteiger partial charge on any atom is -0.434 e. The van der Waals surface area contributed by atoms with Crippen molar-refractivity contribution in [3.63, 3.8) is 0 Å². The Morgan fingerprint density at radius 1 is 1.30 bits per heavy atom. The van der Waals surface area contributed by atoms with E-state index in [0.717, 1.165) is 0 Å². The van der Waals surface area contributed by atoms with Gasteiger partial charge < -0.3 is 4.74 Å². The summed E-state index contributed by atoms with van der Waals surface area (Å²) < 4.78 is 29.4. The number of fused-ring (bicyclic) bond motifs is 1. The van der Waals surface area contributed by atoms with Crippen molar-refractivity contribution in [1.29, 1.82) is 0 Å². The van der Waals surface area contributed by atoms with E-state index in [1.807, 2.05) is 0 Å². The van der Waals surface area contributed by atoms with Gasteiger partial charge in [0.15, 0.2) is 0 Å². The first-order chi connectivity index (χ1) is 9.65. The highest BCUT2D eigenvalue weighted by Gasteiger charge is 2.17. The highest BCUT2D eigenvalue weighted by atomic mass is 35.5. The predicted molar refractivity (Wildman–Crippen MR) is 68.8 cm³/mol. The van der Waals surface area contributed by atoms with Gasteiger partial charge in [0.25, 0.3) is 0 Å². The van der Waals surface area contributed by atoms with Crippen LogP contribution in [0.1, 0.15) is 0 Å². The maximum atomic E-state index is 12.4. The van der Waals surface area contributed by atoms with Crippen molar-refractivity contribution in [2.24, 2.45) is 0 Å². The molecule has 0 aliphatic carbocycles. The lowest BCUT2D eigenvalue weighted by Gasteiger charge is -2.09. The number of nitrogens with one attached hydrogen (secondary N) is 1. The average molecular weight is 297 g/mol. The van der Waals surface area contributed by atoms with Gasteiger partial charge in [-0.15, -0.1) is 0 Å². The van der Waals surface area contributed by atoms with Gasteiger partial charge in [0.05, 0.1) is 6.20 Å². The molecule has 0 radical (unpaired) electrons. The summed E-state index contributed by atoms with van der Waals surface area (Å²) in [5, 5.41) is 7.17. The number of ether oxygens (including phenoxy) is 1. The third-order valence-corrected chi connectivity index (χ3v) is 2.87. The van der Waals surface area contributed by atoms with Gasteiger partial charge in [-0.25, -0.2) is 9.97 Å². The second-order valence-electron chi connectivity index (χ2n) is 3.88. The van der Waals surface area contributed by atoms with Crippen LogP contribution in [0.2, 0.25) is 5.02 Å². The molecule has 0 saturated heterocycles. The Labute approximate surface area is 116 Å². The summed E-state index contributed by atoms with van der Waals surface area (Å²) in [4.78, 5) is 7.93. The van der Waals surface area contributed by atoms with Gasteiger partial charge in [-0.1, -0.05) is 11.6 Å². The number of H-pyrrole nitrogens is 1. The molecule has 102 valence electrons. The molecule has 5 nitrogen and oxygen atoms in total. The predicted octanol–water partition coefficient (Wildman–Crippen LogP) is 3.27. The van der Waals surface area contributed by atoms with Crippen molar-refractivity contribution < 1.29 is 13.5 Å². The summed E-state index contributed by atoms with van der Waals surface area (Å²) >= 11 is 5.91. The molecule has 0 fully saturated rings. The molecule has 0 aliphatic heterocycles. The van der Waals surface area contributed by atoms with E-state index in [0.29, 0.717) is 27.3 Å². The summed E-state index contributed by atoms with van der Waals surface area (Å²) in [5.74, 6) is -0.0172. The van der Waals surface area contributed by atoms with E-state index in [1.165, 1.54) is 30.7 Å². The summed E-state index contributed by atoms with van der Waals surface area (Å²) in [6, 6.07) is 4.33. The molecule has 8 heteroatoms. The molecule has 2 heterocycles. The minimum absolute atomic E-state index is 0.0172. The first-order valence-corrected chi connectivity index (χ1v) is 5.92. The van der Waals surface area contributed by atoms with Gasteiger partial charge in [-0.2, -0.15) is 13.9 Å². The zero-order chi connectivity index (χ0) is 14.1. The number of aromatic nitrogens is 4. The van der Waals surface area contributed by atoms with E-state index in [-0.39, 0.29) is 5.75 Å². The Kier molecular flexibility index (Phi) is 3.19. The van der Waals surface area contributed by atoms with Crippen molar-refractivity contribution in [2.75, 3.05) is 0 Å². The first-order valence-electron chi connectivity index (χ1n) is 5.54. The van der Waals surface area contributed by atoms with Crippen LogP contribution in [-0.2, 0) is 0 Å². The molecular weight excluding hydrogens is 290 g/mol. The summed E-state index contributed by atoms with van der Waals surface area (Å²) in [5.41, 5.74) is 1.80. The number of hydrogen-bond acceptors (Lipinski definition) is 4. The Balaban J connectivity index is 2.20. The van der Waals surface area contributed by atoms with Crippen LogP contribution >= 0.6 is 11.6 Å². The number of halogens is 3. The summed E-state index contributed by atoms with van der Waals surface area (Å²) in [7, 11) is 0. The van der Waals surface area contributed by atoms with Crippen molar-refractivity contribution in [1.82, 2.24) is 20.2 Å². The number of rotatable bonds is 3. The maximum Gasteiger partial charge on any atom is 0.387 e. The maximum absolute atomic E-state index is 12.4. The topological polar surface area (TPSA) is 63.7 Å². The summed E-state index contributed by atoms with van der Waals surface area (Å²) in [6.45, 7) is -2.94. The standard InChI is InChI=1S/C12H7ClF2N4O/c13-6-1-2-9(20-12(14)15)7(3-6)10-11-8(18-19-10)4-16-5-17-11/h1-5,12H,(H,18,19). The molecule has 3 rings (SSSR count). The summed E-state index contributed by atoms with van der Waals surface area (Å²) in [6.07, 6.45) is 2.89. The van der Waals surface area contributed by atoms with Crippen molar-refractivity contribution in [3.8, 4) is 17.0 Å². The van der Waals surface area contributed by atoms with Gasteiger partial charge in [-0.05, 0) is 18.2 Å². The van der Waals surface area contributed by atoms with Crippen LogP contribution in [0.3, 0.4) is 0 Å². The molecule has 3 aromatic rings. The van der Waals surface area contributed by atoms with Crippen LogP contribution < -0.4 is 4.74 Å². The van der Waals surface area contributed by atoms with Gasteiger partial charge in [-0.3, -0.25) is 5.10 Å². The third-order valence-electron chi connectivity index (χ3n) is 2.64. The number of alkyl halides is 2. The molecule has 20 heavy (non-hydrogen) atoms. The van der Waals surface area contributed by atoms with Crippen molar-refractivity contribution >= 4 is 22.6 Å². The SMILES string of the molecule is FC(F)Oc1ccc(Cl)cc1-c1n[nH]c2cncnc12. The van der Waals surface area contributed by atoms with Crippen LogP contribution in [0.25, 0.3) is 22.3 Å². The van der Waals surface area contributed by atoms with Crippen molar-refractivity contribution in [2.45, 2.75) is 6.61 Å². The average Bonchev–Trinajstić information content (AvgIpc) is 2.84. The van der Waals surface area contributed by atoms with Gasteiger partial charge in [0, 0.05) is 10.6 Å². The molecule has 0 saturated carbocycles. The van der Waals surface area contributed by atoms with Gasteiger partial charge >= 0.3 is 6.61 Å². The molecular formula is C12H7ClF2N4O. The van der Waals surface area contributed by atoms with Gasteiger partial charge in [0.2, 0.25) is 0 Å². The number of hydrogen-bond donors (Lipinski definition) is 1. The van der Waals surface area contributed by atoms with E-state index < -0.39 is 6.61 Å². The van der Waals surface area contributed by atoms with Crippen LogP contribution in [0.15, 0.2) is 30.7 Å². The zero-order valence-electron chi connectivity index (χ0n) is 9.85. The van der Waals surface area contributed by atoms with E-state index in [2.05, 4.69) is 24.9 Å². The molecule has 0 atom stereocenters. The van der Waals surface area contributed by atoms with Crippen LogP contribution in [0.4, 0.5) is 8.78 Å². The Bertz CT molecular complexity index is 762. The lowest BCUT2D eigenvalue weighted by atomic mass is 10.1. The monoisotopic (exact) mass is 296 g/mol. The number of aromatic amines is 1. The van der Waals surface area contributed by atoms with Gasteiger partial charge in [0.1, 0.15) is 28.8 Å². The van der Waals surface area contributed by atoms with Crippen molar-refractivity contribution in [3.05, 3.63) is 35.7 Å². The lowest BCUT2D eigenvalue weighted by molar-refractivity contribution is -0.0494. The molecule has 1 aromatic carbocycles. The second kappa shape index (κ2) is 5.01. The highest BCUT2D eigenvalue weighted by Crippen LogP contribution is 2.35. The van der Waals surface area contributed by atoms with E-state index in [1.54, 1.807) is 0 Å². The van der Waals surface area contributed by atoms with Crippen LogP contribution in [0.5, 0.6) is 5.75 Å². The van der Waals surface area contributed by atoms with Crippen LogP contribution in [0, 0.1) is 0 Å². The Morgan fingerprint density at radius 2 is 2.15 bits per heavy atom. The Hall–Kier alpha value is -2.28. The lowest BCUT2D eigenvalue weighted by Crippen LogP contribution is -2.03. The quantitative estimate of drug-likeness (QED) is 0.805. The van der Waals surface area contributed by atoms with E-state index in [4.69, 9.17) is 11.6 Å². The molecule has 1 N–H and O–H groups in total. The highest BCUT2D eigenvalue weighted by molar-refractivity contribution is 6.31. The smallest absolute Gasteiger partial charge is 0.387 e. The molecule has 0 aliphatic rings. The van der Waals surface area contributed by atoms with Crippen LogP contribution in [-0.4, -0.2) is 26.8 Å². The largest absolute Gasteiger partial charge is 0.434 e. The van der Waals surface area contributed by atoms with E-state index in [9.17, 15) is 8.78 Å².